The lowest BCUT2D eigenvalue weighted by Gasteiger charge is -2.44. The summed E-state index contributed by atoms with van der Waals surface area (Å²) < 4.78 is 234. The Kier molecular flexibility index (Phi) is 6.77. The summed E-state index contributed by atoms with van der Waals surface area (Å²) in [5.74, 6) is -73.0. The van der Waals surface area contributed by atoms with Crippen molar-refractivity contribution in [2.24, 2.45) is 0 Å². The standard InChI is InChI=1S/C11H6F18O2/c1-3(12,13)5(16,17)7(20,21)9(24,25)11(28,29)10(26,27)8(22,23)6(18,19)4(14,15)2(30)31/h2,30-31H,1H3. The zero-order valence-corrected chi connectivity index (χ0v) is 13.8. The van der Waals surface area contributed by atoms with Gasteiger partial charge in [0.1, 0.15) is 0 Å². The summed E-state index contributed by atoms with van der Waals surface area (Å²) in [5.41, 5.74) is 0. The lowest BCUT2D eigenvalue weighted by atomic mass is 9.86. The van der Waals surface area contributed by atoms with Crippen LogP contribution in [-0.2, 0) is 0 Å². The number of hydrogen-bond acceptors (Lipinski definition) is 2. The minimum atomic E-state index is -8.86. The lowest BCUT2D eigenvalue weighted by Crippen LogP contribution is -2.76. The Bertz CT molecular complexity index is 660. The molecule has 0 aliphatic carbocycles. The monoisotopic (exact) mass is 512 g/mol. The van der Waals surface area contributed by atoms with Gasteiger partial charge in [-0.2, -0.15) is 79.0 Å². The van der Waals surface area contributed by atoms with E-state index < -0.39 is 66.5 Å². The molecule has 0 saturated carbocycles. The molecule has 0 radical (unpaired) electrons. The van der Waals surface area contributed by atoms with E-state index >= 15 is 0 Å². The zero-order chi connectivity index (χ0) is 26.1. The highest BCUT2D eigenvalue weighted by Gasteiger charge is 2.96. The van der Waals surface area contributed by atoms with Crippen LogP contribution < -0.4 is 0 Å². The van der Waals surface area contributed by atoms with E-state index in [0.29, 0.717) is 0 Å². The van der Waals surface area contributed by atoms with Gasteiger partial charge >= 0.3 is 53.3 Å². The van der Waals surface area contributed by atoms with E-state index in [-0.39, 0.29) is 0 Å². The quantitative estimate of drug-likeness (QED) is 0.336. The number of aliphatic hydroxyl groups is 2. The van der Waals surface area contributed by atoms with Gasteiger partial charge in [-0.15, -0.1) is 0 Å². The van der Waals surface area contributed by atoms with Crippen molar-refractivity contribution in [2.45, 2.75) is 66.5 Å². The van der Waals surface area contributed by atoms with Gasteiger partial charge in [0.25, 0.3) is 0 Å². The number of aliphatic hydroxyl groups excluding tert-OH is 1. The SMILES string of the molecule is CC(F)(F)C(F)(F)C(F)(F)C(F)(F)C(F)(F)C(F)(F)C(F)(F)C(F)(F)C(F)(F)C(O)O. The van der Waals surface area contributed by atoms with Crippen molar-refractivity contribution in [1.82, 2.24) is 0 Å². The van der Waals surface area contributed by atoms with Gasteiger partial charge in [-0.3, -0.25) is 0 Å². The zero-order valence-electron chi connectivity index (χ0n) is 13.8. The van der Waals surface area contributed by atoms with E-state index in [2.05, 4.69) is 0 Å². The van der Waals surface area contributed by atoms with Crippen molar-refractivity contribution in [3.63, 3.8) is 0 Å². The van der Waals surface area contributed by atoms with Crippen LogP contribution in [0.15, 0.2) is 0 Å². The first-order valence-electron chi connectivity index (χ1n) is 6.71. The first-order valence-corrected chi connectivity index (χ1v) is 6.71. The number of hydrogen-bond donors (Lipinski definition) is 2. The molecule has 31 heavy (non-hydrogen) atoms. The third-order valence-electron chi connectivity index (χ3n) is 3.66. The van der Waals surface area contributed by atoms with Crippen molar-refractivity contribution in [3.8, 4) is 0 Å². The van der Waals surface area contributed by atoms with Crippen LogP contribution in [0, 0.1) is 0 Å². The minimum Gasteiger partial charge on any atom is -0.363 e. The molecule has 0 atom stereocenters. The Morgan fingerprint density at radius 2 is 0.581 bits per heavy atom. The smallest absolute Gasteiger partial charge is 0.363 e. The molecule has 0 aromatic rings. The third-order valence-corrected chi connectivity index (χ3v) is 3.66. The van der Waals surface area contributed by atoms with Crippen LogP contribution >= 0.6 is 0 Å². The molecule has 0 aliphatic rings. The topological polar surface area (TPSA) is 40.5 Å². The maximum Gasteiger partial charge on any atom is 0.385 e. The second-order valence-electron chi connectivity index (χ2n) is 5.91. The van der Waals surface area contributed by atoms with Crippen LogP contribution in [0.5, 0.6) is 0 Å². The van der Waals surface area contributed by atoms with Crippen LogP contribution in [0.4, 0.5) is 79.0 Å². The summed E-state index contributed by atoms with van der Waals surface area (Å²) in [6.45, 7) is -1.33. The Labute approximate surface area is 157 Å². The van der Waals surface area contributed by atoms with Crippen LogP contribution in [-0.4, -0.2) is 69.8 Å². The maximum atomic E-state index is 13.3. The fourth-order valence-corrected chi connectivity index (χ4v) is 1.63. The Morgan fingerprint density at radius 1 is 0.387 bits per heavy atom. The first kappa shape index (κ1) is 29.7. The Balaban J connectivity index is 6.91. The molecule has 0 amide bonds. The van der Waals surface area contributed by atoms with Crippen LogP contribution in [0.1, 0.15) is 6.92 Å². The normalized spacial score (nSPS) is 16.8. The molecule has 0 aromatic carbocycles. The van der Waals surface area contributed by atoms with E-state index in [1.54, 1.807) is 0 Å². The van der Waals surface area contributed by atoms with E-state index in [1.165, 1.54) is 0 Å². The molecule has 0 bridgehead atoms. The average Bonchev–Trinajstić information content (AvgIpc) is 2.52. The van der Waals surface area contributed by atoms with Gasteiger partial charge in [0, 0.05) is 6.92 Å². The van der Waals surface area contributed by atoms with Crippen LogP contribution in [0.25, 0.3) is 0 Å². The highest BCUT2D eigenvalue weighted by molar-refractivity contribution is 5.17. The van der Waals surface area contributed by atoms with Gasteiger partial charge < -0.3 is 10.2 Å². The van der Waals surface area contributed by atoms with Gasteiger partial charge in [-0.1, -0.05) is 0 Å². The summed E-state index contributed by atoms with van der Waals surface area (Å²) in [6, 6.07) is 0. The van der Waals surface area contributed by atoms with Crippen molar-refractivity contribution >= 4 is 0 Å². The van der Waals surface area contributed by atoms with Gasteiger partial charge in [-0.25, -0.2) is 0 Å². The Morgan fingerprint density at radius 3 is 0.774 bits per heavy atom. The van der Waals surface area contributed by atoms with E-state index in [9.17, 15) is 79.0 Å². The highest BCUT2D eigenvalue weighted by atomic mass is 19.4. The summed E-state index contributed by atoms with van der Waals surface area (Å²) in [5, 5.41) is 15.7. The minimum absolute atomic E-state index is 1.33. The predicted molar refractivity (Wildman–Crippen MR) is 58.4 cm³/mol. The molecule has 2 nitrogen and oxygen atoms in total. The summed E-state index contributed by atoms with van der Waals surface area (Å²) in [4.78, 5) is 0. The molecule has 0 spiro atoms. The highest BCUT2D eigenvalue weighted by Crippen LogP contribution is 2.65. The molecular weight excluding hydrogens is 506 g/mol. The molecule has 0 aliphatic heterocycles. The van der Waals surface area contributed by atoms with Crippen molar-refractivity contribution < 1.29 is 89.2 Å². The number of rotatable bonds is 9. The average molecular weight is 512 g/mol. The van der Waals surface area contributed by atoms with E-state index in [4.69, 9.17) is 10.2 Å². The third kappa shape index (κ3) is 3.47. The molecule has 0 rings (SSSR count). The van der Waals surface area contributed by atoms with E-state index in [1.807, 2.05) is 0 Å². The molecule has 2 N–H and O–H groups in total. The van der Waals surface area contributed by atoms with Crippen molar-refractivity contribution in [1.29, 1.82) is 0 Å². The van der Waals surface area contributed by atoms with Gasteiger partial charge in [0.2, 0.25) is 6.29 Å². The summed E-state index contributed by atoms with van der Waals surface area (Å²) in [7, 11) is 0. The lowest BCUT2D eigenvalue weighted by molar-refractivity contribution is -0.467. The second-order valence-corrected chi connectivity index (χ2v) is 5.91. The van der Waals surface area contributed by atoms with Gasteiger partial charge in [-0.05, 0) is 0 Å². The first-order chi connectivity index (χ1) is 12.9. The molecule has 0 fully saturated rings. The molecule has 0 aromatic heterocycles. The molecular formula is C11H6F18O2. The van der Waals surface area contributed by atoms with Gasteiger partial charge in [0.05, 0.1) is 0 Å². The summed E-state index contributed by atoms with van der Waals surface area (Å²) >= 11 is 0. The maximum absolute atomic E-state index is 13.3. The van der Waals surface area contributed by atoms with Crippen LogP contribution in [0.3, 0.4) is 0 Å². The fraction of sp³-hybridized carbons (Fsp3) is 1.00. The van der Waals surface area contributed by atoms with Crippen molar-refractivity contribution in [3.05, 3.63) is 0 Å². The largest absolute Gasteiger partial charge is 0.385 e. The van der Waals surface area contributed by atoms with Crippen LogP contribution in [0.2, 0.25) is 0 Å². The molecule has 20 heteroatoms. The predicted octanol–water partition coefficient (Wildman–Crippen LogP) is 5.03. The number of halogens is 18. The summed E-state index contributed by atoms with van der Waals surface area (Å²) in [6.07, 6.45) is -5.07. The molecule has 188 valence electrons. The van der Waals surface area contributed by atoms with E-state index in [0.717, 1.165) is 0 Å². The number of alkyl halides is 18. The van der Waals surface area contributed by atoms with Gasteiger partial charge in [0.15, 0.2) is 0 Å². The molecule has 0 unspecified atom stereocenters. The second kappa shape index (κ2) is 7.08. The van der Waals surface area contributed by atoms with Crippen molar-refractivity contribution in [2.75, 3.05) is 0 Å². The fourth-order valence-electron chi connectivity index (χ4n) is 1.63. The molecule has 0 saturated heterocycles. The molecule has 0 heterocycles. The Hall–Kier alpha value is -1.34.